The van der Waals surface area contributed by atoms with Gasteiger partial charge in [0.1, 0.15) is 11.3 Å². The van der Waals surface area contributed by atoms with E-state index in [4.69, 9.17) is 21.1 Å². The van der Waals surface area contributed by atoms with E-state index in [2.05, 4.69) is 25.7 Å². The Balaban J connectivity index is 2.19. The van der Waals surface area contributed by atoms with Crippen LogP contribution in [0.1, 0.15) is 43.6 Å². The number of halogens is 1. The van der Waals surface area contributed by atoms with Gasteiger partial charge in [-0.15, -0.1) is 0 Å². The van der Waals surface area contributed by atoms with Crippen LogP contribution in [0.4, 0.5) is 5.69 Å². The van der Waals surface area contributed by atoms with Gasteiger partial charge in [-0.3, -0.25) is 4.79 Å². The summed E-state index contributed by atoms with van der Waals surface area (Å²) in [6.07, 6.45) is 2.20. The molecule has 0 radical (unpaired) electrons. The maximum Gasteiger partial charge on any atom is 0.341 e. The van der Waals surface area contributed by atoms with Crippen LogP contribution < -0.4 is 15.1 Å². The number of fused-ring (bicyclic) bond motifs is 3. The van der Waals surface area contributed by atoms with Crippen molar-refractivity contribution in [2.75, 3.05) is 38.8 Å². The molecule has 7 nitrogen and oxygen atoms in total. The van der Waals surface area contributed by atoms with E-state index in [1.807, 2.05) is 17.7 Å². The number of benzene rings is 1. The van der Waals surface area contributed by atoms with Gasteiger partial charge in [0.2, 0.25) is 0 Å². The number of nitrogens with zero attached hydrogens (tertiary/aromatic N) is 2. The summed E-state index contributed by atoms with van der Waals surface area (Å²) >= 11 is 6.53. The molecule has 8 heteroatoms. The Labute approximate surface area is 187 Å². The van der Waals surface area contributed by atoms with E-state index in [9.17, 15) is 14.7 Å². The summed E-state index contributed by atoms with van der Waals surface area (Å²) in [5.41, 5.74) is 1.30. The standard InChI is InChI=1S/C23H29ClN2O5/c1-23(2,3)21-13-25(4)17-11-20(31-8-6-7-30-5)16(24)9-14(17)18-10-19(27)15(22(28)29)12-26(18)21/h9-12,21H,6-8,13H2,1-5H3,(H,28,29). The molecule has 2 heterocycles. The number of likely N-dealkylation sites (N-methyl/N-ethyl adjacent to an activating group) is 1. The van der Waals surface area contributed by atoms with E-state index in [0.29, 0.717) is 36.2 Å². The minimum atomic E-state index is -1.23. The Morgan fingerprint density at radius 2 is 1.97 bits per heavy atom. The molecule has 168 valence electrons. The second kappa shape index (κ2) is 8.93. The van der Waals surface area contributed by atoms with Crippen LogP contribution in [0.15, 0.2) is 29.2 Å². The third-order valence-electron chi connectivity index (χ3n) is 5.58. The second-order valence-electron chi connectivity index (χ2n) is 8.91. The molecule has 3 rings (SSSR count). The zero-order chi connectivity index (χ0) is 22.9. The van der Waals surface area contributed by atoms with Gasteiger partial charge in [0.25, 0.3) is 0 Å². The first-order valence-electron chi connectivity index (χ1n) is 10.2. The fraction of sp³-hybridized carbons (Fsp3) is 0.478. The van der Waals surface area contributed by atoms with Gasteiger partial charge in [-0.2, -0.15) is 0 Å². The largest absolute Gasteiger partial charge is 0.492 e. The van der Waals surface area contributed by atoms with E-state index >= 15 is 0 Å². The second-order valence-corrected chi connectivity index (χ2v) is 9.31. The maximum absolute atomic E-state index is 12.6. The zero-order valence-electron chi connectivity index (χ0n) is 18.6. The Kier molecular flexibility index (Phi) is 6.67. The molecule has 0 spiro atoms. The van der Waals surface area contributed by atoms with Gasteiger partial charge in [-0.05, 0) is 11.5 Å². The summed E-state index contributed by atoms with van der Waals surface area (Å²) in [6.45, 7) is 7.98. The molecule has 1 aromatic heterocycles. The number of anilines is 1. The first-order chi connectivity index (χ1) is 14.5. The number of carboxylic acids is 1. The highest BCUT2D eigenvalue weighted by Crippen LogP contribution is 2.44. The number of carboxylic acid groups (broad SMARTS) is 1. The van der Waals surface area contributed by atoms with Crippen molar-refractivity contribution in [2.24, 2.45) is 5.41 Å². The lowest BCUT2D eigenvalue weighted by molar-refractivity contribution is 0.0693. The van der Waals surface area contributed by atoms with Gasteiger partial charge in [-0.1, -0.05) is 32.4 Å². The zero-order valence-corrected chi connectivity index (χ0v) is 19.3. The van der Waals surface area contributed by atoms with Crippen molar-refractivity contribution in [2.45, 2.75) is 33.2 Å². The molecule has 1 aromatic carbocycles. The summed E-state index contributed by atoms with van der Waals surface area (Å²) in [6, 6.07) is 4.99. The van der Waals surface area contributed by atoms with Crippen molar-refractivity contribution in [1.29, 1.82) is 0 Å². The Bertz CT molecular complexity index is 1040. The molecular formula is C23H29ClN2O5. The first-order valence-corrected chi connectivity index (χ1v) is 10.6. The van der Waals surface area contributed by atoms with Crippen molar-refractivity contribution in [3.8, 4) is 17.0 Å². The normalized spacial score (nSPS) is 15.8. The van der Waals surface area contributed by atoms with E-state index in [1.54, 1.807) is 13.2 Å². The fourth-order valence-electron chi connectivity index (χ4n) is 3.88. The average molecular weight is 449 g/mol. The predicted octanol–water partition coefficient (Wildman–Crippen LogP) is 4.32. The number of aromatic carboxylic acids is 1. The molecule has 2 aromatic rings. The lowest BCUT2D eigenvalue weighted by Gasteiger charge is -2.35. The van der Waals surface area contributed by atoms with Gasteiger partial charge < -0.3 is 24.0 Å². The van der Waals surface area contributed by atoms with E-state index in [0.717, 1.165) is 17.7 Å². The van der Waals surface area contributed by atoms with Crippen LogP contribution in [-0.4, -0.2) is 49.6 Å². The summed E-state index contributed by atoms with van der Waals surface area (Å²) in [4.78, 5) is 26.3. The minimum Gasteiger partial charge on any atom is -0.492 e. The van der Waals surface area contributed by atoms with Crippen molar-refractivity contribution < 1.29 is 19.4 Å². The number of carbonyl (C=O) groups is 1. The van der Waals surface area contributed by atoms with E-state index in [1.165, 1.54) is 12.3 Å². The van der Waals surface area contributed by atoms with Crippen LogP contribution in [0, 0.1) is 5.41 Å². The van der Waals surface area contributed by atoms with Crippen molar-refractivity contribution in [1.82, 2.24) is 4.57 Å². The SMILES string of the molecule is COCCCOc1cc2c(cc1Cl)-c1cc(=O)c(C(=O)O)cn1C(C(C)(C)C)CN2C. The number of methoxy groups -OCH3 is 1. The van der Waals surface area contributed by atoms with Gasteiger partial charge in [0, 0.05) is 63.3 Å². The summed E-state index contributed by atoms with van der Waals surface area (Å²) < 4.78 is 12.8. The molecule has 0 amide bonds. The summed E-state index contributed by atoms with van der Waals surface area (Å²) in [5.74, 6) is -0.669. The minimum absolute atomic E-state index is 0.0801. The molecular weight excluding hydrogens is 420 g/mol. The predicted molar refractivity (Wildman–Crippen MR) is 122 cm³/mol. The van der Waals surface area contributed by atoms with Crippen LogP contribution >= 0.6 is 11.6 Å². The highest BCUT2D eigenvalue weighted by molar-refractivity contribution is 6.32. The Hall–Kier alpha value is -2.51. The number of hydrogen-bond donors (Lipinski definition) is 1. The number of ether oxygens (including phenoxy) is 2. The first kappa shape index (κ1) is 23.2. The van der Waals surface area contributed by atoms with Crippen LogP contribution in [0.25, 0.3) is 11.3 Å². The van der Waals surface area contributed by atoms with E-state index < -0.39 is 11.4 Å². The van der Waals surface area contributed by atoms with Crippen molar-refractivity contribution >= 4 is 23.3 Å². The van der Waals surface area contributed by atoms with Gasteiger partial charge in [0.15, 0.2) is 5.43 Å². The third kappa shape index (κ3) is 4.72. The fourth-order valence-corrected chi connectivity index (χ4v) is 4.10. The molecule has 0 saturated heterocycles. The number of aromatic nitrogens is 1. The monoisotopic (exact) mass is 448 g/mol. The molecule has 0 fully saturated rings. The van der Waals surface area contributed by atoms with Crippen molar-refractivity contribution in [3.05, 3.63) is 45.2 Å². The molecule has 1 atom stereocenters. The molecule has 0 saturated carbocycles. The van der Waals surface area contributed by atoms with Crippen LogP contribution in [0.2, 0.25) is 5.02 Å². The topological polar surface area (TPSA) is 81.0 Å². The summed E-state index contributed by atoms with van der Waals surface area (Å²) in [7, 11) is 3.62. The number of rotatable bonds is 6. The van der Waals surface area contributed by atoms with Gasteiger partial charge in [0.05, 0.1) is 23.4 Å². The van der Waals surface area contributed by atoms with Gasteiger partial charge in [-0.25, -0.2) is 4.79 Å². The lowest BCUT2D eigenvalue weighted by atomic mass is 9.86. The highest BCUT2D eigenvalue weighted by Gasteiger charge is 2.34. The Morgan fingerprint density at radius 3 is 2.58 bits per heavy atom. The van der Waals surface area contributed by atoms with Crippen LogP contribution in [-0.2, 0) is 4.74 Å². The highest BCUT2D eigenvalue weighted by atomic mass is 35.5. The average Bonchev–Trinajstić information content (AvgIpc) is 2.79. The summed E-state index contributed by atoms with van der Waals surface area (Å²) in [5, 5.41) is 9.94. The number of hydrogen-bond acceptors (Lipinski definition) is 5. The van der Waals surface area contributed by atoms with E-state index in [-0.39, 0.29) is 17.0 Å². The molecule has 1 aliphatic rings. The molecule has 0 aliphatic carbocycles. The van der Waals surface area contributed by atoms with Crippen LogP contribution in [0.5, 0.6) is 5.75 Å². The quantitative estimate of drug-likeness (QED) is 0.663. The van der Waals surface area contributed by atoms with Crippen LogP contribution in [0.3, 0.4) is 0 Å². The molecule has 0 bridgehead atoms. The van der Waals surface area contributed by atoms with Crippen molar-refractivity contribution in [3.63, 3.8) is 0 Å². The smallest absolute Gasteiger partial charge is 0.341 e. The molecule has 31 heavy (non-hydrogen) atoms. The Morgan fingerprint density at radius 1 is 1.26 bits per heavy atom. The lowest BCUT2D eigenvalue weighted by Crippen LogP contribution is -2.35. The molecule has 1 aliphatic heterocycles. The third-order valence-corrected chi connectivity index (χ3v) is 5.88. The molecule has 1 unspecified atom stereocenters. The number of pyridine rings is 1. The maximum atomic E-state index is 12.6. The molecule has 1 N–H and O–H groups in total. The van der Waals surface area contributed by atoms with Gasteiger partial charge >= 0.3 is 5.97 Å².